The van der Waals surface area contributed by atoms with Crippen LogP contribution in [0.3, 0.4) is 0 Å². The molecule has 0 rings (SSSR count). The molecule has 3 nitrogen and oxygen atoms in total. The number of hydrogen-bond acceptors (Lipinski definition) is 3. The van der Waals surface area contributed by atoms with Crippen LogP contribution < -0.4 is 0 Å². The summed E-state index contributed by atoms with van der Waals surface area (Å²) < 4.78 is 17.0. The molecular weight excluding hydrogens is 264 g/mol. The molecule has 0 bridgehead atoms. The Hall–Kier alpha value is -0.120. The summed E-state index contributed by atoms with van der Waals surface area (Å²) in [7, 11) is 3.51. The first-order chi connectivity index (χ1) is 9.59. The Balaban J connectivity index is 4.08. The van der Waals surface area contributed by atoms with Crippen LogP contribution in [0.5, 0.6) is 0 Å². The van der Waals surface area contributed by atoms with Gasteiger partial charge in [0, 0.05) is 14.2 Å². The fraction of sp³-hybridized carbons (Fsp3) is 1.00. The summed E-state index contributed by atoms with van der Waals surface area (Å²) >= 11 is 0. The number of ether oxygens (including phenoxy) is 3. The van der Waals surface area contributed by atoms with Gasteiger partial charge in [-0.15, -0.1) is 0 Å². The third-order valence-corrected chi connectivity index (χ3v) is 3.50. The fourth-order valence-electron chi connectivity index (χ4n) is 2.26. The van der Waals surface area contributed by atoms with Gasteiger partial charge in [0.15, 0.2) is 0 Å². The van der Waals surface area contributed by atoms with Gasteiger partial charge in [-0.1, -0.05) is 54.4 Å². The van der Waals surface area contributed by atoms with E-state index in [2.05, 4.69) is 41.5 Å². The van der Waals surface area contributed by atoms with Crippen molar-refractivity contribution in [1.82, 2.24) is 0 Å². The standard InChI is InChI=1S/C18H38O3/c1-17(2,3)12-10-9-11-15(19-7)16(20-8)13-21-14-18(4,5)6/h15-16H,9-14H2,1-8H3. The number of rotatable bonds is 10. The Kier molecular flexibility index (Phi) is 9.75. The molecule has 0 saturated heterocycles. The zero-order valence-corrected chi connectivity index (χ0v) is 15.6. The van der Waals surface area contributed by atoms with Crippen molar-refractivity contribution in [3.05, 3.63) is 0 Å². The summed E-state index contributed by atoms with van der Waals surface area (Å²) in [5.74, 6) is 0. The zero-order valence-electron chi connectivity index (χ0n) is 15.6. The number of unbranched alkanes of at least 4 members (excludes halogenated alkanes) is 1. The van der Waals surface area contributed by atoms with Crippen LogP contribution in [-0.4, -0.2) is 39.6 Å². The van der Waals surface area contributed by atoms with Crippen LogP contribution in [0.2, 0.25) is 0 Å². The van der Waals surface area contributed by atoms with E-state index in [9.17, 15) is 0 Å². The third kappa shape index (κ3) is 12.1. The lowest BCUT2D eigenvalue weighted by Gasteiger charge is -2.27. The van der Waals surface area contributed by atoms with E-state index >= 15 is 0 Å². The highest BCUT2D eigenvalue weighted by Gasteiger charge is 2.22. The van der Waals surface area contributed by atoms with Gasteiger partial charge in [0.2, 0.25) is 0 Å². The molecule has 0 aliphatic carbocycles. The predicted octanol–water partition coefficient (Wildman–Crippen LogP) is 4.69. The molecule has 0 saturated carbocycles. The van der Waals surface area contributed by atoms with Crippen molar-refractivity contribution in [3.63, 3.8) is 0 Å². The highest BCUT2D eigenvalue weighted by molar-refractivity contribution is 4.72. The summed E-state index contributed by atoms with van der Waals surface area (Å²) in [6.45, 7) is 14.7. The van der Waals surface area contributed by atoms with E-state index in [1.807, 2.05) is 0 Å². The second-order valence-corrected chi connectivity index (χ2v) is 8.43. The largest absolute Gasteiger partial charge is 0.379 e. The molecule has 2 unspecified atom stereocenters. The monoisotopic (exact) mass is 302 g/mol. The van der Waals surface area contributed by atoms with Crippen molar-refractivity contribution < 1.29 is 14.2 Å². The maximum absolute atomic E-state index is 5.79. The fourth-order valence-corrected chi connectivity index (χ4v) is 2.26. The summed E-state index contributed by atoms with van der Waals surface area (Å²) in [6, 6.07) is 0. The van der Waals surface area contributed by atoms with Crippen LogP contribution in [0, 0.1) is 10.8 Å². The number of methoxy groups -OCH3 is 2. The summed E-state index contributed by atoms with van der Waals surface area (Å²) in [6.07, 6.45) is 4.84. The molecule has 0 fully saturated rings. The molecular formula is C18H38O3. The van der Waals surface area contributed by atoms with E-state index in [-0.39, 0.29) is 17.6 Å². The van der Waals surface area contributed by atoms with E-state index in [0.29, 0.717) is 12.0 Å². The summed E-state index contributed by atoms with van der Waals surface area (Å²) in [4.78, 5) is 0. The molecule has 0 aromatic rings. The summed E-state index contributed by atoms with van der Waals surface area (Å²) in [5.41, 5.74) is 0.604. The van der Waals surface area contributed by atoms with Crippen LogP contribution >= 0.6 is 0 Å². The van der Waals surface area contributed by atoms with Gasteiger partial charge in [-0.25, -0.2) is 0 Å². The van der Waals surface area contributed by atoms with Crippen LogP contribution in [0.4, 0.5) is 0 Å². The average Bonchev–Trinajstić information content (AvgIpc) is 2.33. The number of hydrogen-bond donors (Lipinski definition) is 0. The quantitative estimate of drug-likeness (QED) is 0.548. The molecule has 0 N–H and O–H groups in total. The zero-order chi connectivity index (χ0) is 16.5. The van der Waals surface area contributed by atoms with Crippen molar-refractivity contribution in [2.45, 2.75) is 79.4 Å². The average molecular weight is 302 g/mol. The molecule has 21 heavy (non-hydrogen) atoms. The first-order valence-electron chi connectivity index (χ1n) is 8.22. The van der Waals surface area contributed by atoms with Crippen molar-refractivity contribution in [2.75, 3.05) is 27.4 Å². The SMILES string of the molecule is COC(CCCCC(C)(C)C)C(COCC(C)(C)C)OC. The Morgan fingerprint density at radius 2 is 1.33 bits per heavy atom. The van der Waals surface area contributed by atoms with Gasteiger partial charge >= 0.3 is 0 Å². The van der Waals surface area contributed by atoms with E-state index in [0.717, 1.165) is 13.0 Å². The van der Waals surface area contributed by atoms with Gasteiger partial charge in [-0.2, -0.15) is 0 Å². The van der Waals surface area contributed by atoms with E-state index < -0.39 is 0 Å². The van der Waals surface area contributed by atoms with Crippen molar-refractivity contribution in [3.8, 4) is 0 Å². The first kappa shape index (κ1) is 20.9. The maximum Gasteiger partial charge on any atom is 0.106 e. The molecule has 0 heterocycles. The molecule has 0 radical (unpaired) electrons. The summed E-state index contributed by atoms with van der Waals surface area (Å²) in [5, 5.41) is 0. The molecule has 128 valence electrons. The molecule has 0 spiro atoms. The minimum absolute atomic E-state index is 0.0204. The second-order valence-electron chi connectivity index (χ2n) is 8.43. The highest BCUT2D eigenvalue weighted by Crippen LogP contribution is 2.23. The molecule has 0 aromatic heterocycles. The Bertz CT molecular complexity index is 250. The van der Waals surface area contributed by atoms with Gasteiger partial charge in [0.05, 0.1) is 19.3 Å². The minimum atomic E-state index is 0.0204. The molecule has 3 heteroatoms. The Labute approximate surface area is 132 Å². The van der Waals surface area contributed by atoms with E-state index in [1.54, 1.807) is 14.2 Å². The highest BCUT2D eigenvalue weighted by atomic mass is 16.6. The topological polar surface area (TPSA) is 27.7 Å². The van der Waals surface area contributed by atoms with Gasteiger partial charge in [0.1, 0.15) is 6.10 Å². The molecule has 0 aromatic carbocycles. The minimum Gasteiger partial charge on any atom is -0.379 e. The van der Waals surface area contributed by atoms with E-state index in [1.165, 1.54) is 19.3 Å². The van der Waals surface area contributed by atoms with Crippen LogP contribution in [-0.2, 0) is 14.2 Å². The van der Waals surface area contributed by atoms with Crippen molar-refractivity contribution in [2.24, 2.45) is 10.8 Å². The predicted molar refractivity (Wildman–Crippen MR) is 89.8 cm³/mol. The maximum atomic E-state index is 5.79. The molecule has 0 aliphatic rings. The Morgan fingerprint density at radius 1 is 0.762 bits per heavy atom. The van der Waals surface area contributed by atoms with Gasteiger partial charge < -0.3 is 14.2 Å². The lowest BCUT2D eigenvalue weighted by molar-refractivity contribution is -0.0863. The third-order valence-electron chi connectivity index (χ3n) is 3.50. The lowest BCUT2D eigenvalue weighted by Crippen LogP contribution is -2.35. The van der Waals surface area contributed by atoms with Gasteiger partial charge in [-0.05, 0) is 23.7 Å². The molecule has 0 aliphatic heterocycles. The normalized spacial score (nSPS) is 16.0. The van der Waals surface area contributed by atoms with Crippen LogP contribution in [0.25, 0.3) is 0 Å². The van der Waals surface area contributed by atoms with Gasteiger partial charge in [-0.3, -0.25) is 0 Å². The lowest BCUT2D eigenvalue weighted by atomic mass is 9.89. The van der Waals surface area contributed by atoms with Crippen molar-refractivity contribution in [1.29, 1.82) is 0 Å². The van der Waals surface area contributed by atoms with Gasteiger partial charge in [0.25, 0.3) is 0 Å². The second kappa shape index (κ2) is 9.81. The molecule has 2 atom stereocenters. The smallest absolute Gasteiger partial charge is 0.106 e. The first-order valence-corrected chi connectivity index (χ1v) is 8.22. The van der Waals surface area contributed by atoms with Crippen molar-refractivity contribution >= 4 is 0 Å². The molecule has 0 amide bonds. The van der Waals surface area contributed by atoms with Crippen LogP contribution in [0.1, 0.15) is 67.2 Å². The Morgan fingerprint density at radius 3 is 1.76 bits per heavy atom. The van der Waals surface area contributed by atoms with Crippen LogP contribution in [0.15, 0.2) is 0 Å². The van der Waals surface area contributed by atoms with E-state index in [4.69, 9.17) is 14.2 Å².